The van der Waals surface area contributed by atoms with Crippen molar-refractivity contribution in [2.45, 2.75) is 19.9 Å². The van der Waals surface area contributed by atoms with Crippen LogP contribution in [-0.4, -0.2) is 16.6 Å². The highest BCUT2D eigenvalue weighted by Gasteiger charge is 2.08. The Morgan fingerprint density at radius 1 is 1.14 bits per heavy atom. The third kappa shape index (κ3) is 3.12. The number of pyridine rings is 1. The van der Waals surface area contributed by atoms with Crippen LogP contribution in [0.1, 0.15) is 11.1 Å². The molecule has 0 bridgehead atoms. The standard InChI is InChI=1S/C17H19N3O/c1-18-10-15-11-20(17-16(15)8-5-9-19-17)13-21-12-14-6-3-2-4-7-14/h2-9,11,18H,10,12-13H2,1H3. The van der Waals surface area contributed by atoms with Crippen LogP contribution in [0, 0.1) is 0 Å². The van der Waals surface area contributed by atoms with Crippen molar-refractivity contribution in [3.63, 3.8) is 0 Å². The van der Waals surface area contributed by atoms with Crippen LogP contribution in [0.4, 0.5) is 0 Å². The third-order valence-corrected chi connectivity index (χ3v) is 3.43. The lowest BCUT2D eigenvalue weighted by Gasteiger charge is -2.06. The molecule has 3 aromatic rings. The first-order valence-electron chi connectivity index (χ1n) is 7.07. The zero-order chi connectivity index (χ0) is 14.5. The first-order valence-corrected chi connectivity index (χ1v) is 7.07. The molecule has 0 saturated carbocycles. The summed E-state index contributed by atoms with van der Waals surface area (Å²) in [5.74, 6) is 0. The van der Waals surface area contributed by atoms with E-state index in [0.717, 1.165) is 12.2 Å². The van der Waals surface area contributed by atoms with Gasteiger partial charge in [-0.3, -0.25) is 0 Å². The molecular formula is C17H19N3O. The van der Waals surface area contributed by atoms with E-state index in [2.05, 4.69) is 39.3 Å². The van der Waals surface area contributed by atoms with E-state index in [1.165, 1.54) is 16.5 Å². The normalized spacial score (nSPS) is 11.1. The summed E-state index contributed by atoms with van der Waals surface area (Å²) in [5, 5.41) is 4.37. The highest BCUT2D eigenvalue weighted by Crippen LogP contribution is 2.19. The van der Waals surface area contributed by atoms with E-state index in [9.17, 15) is 0 Å². The van der Waals surface area contributed by atoms with Gasteiger partial charge in [0.25, 0.3) is 0 Å². The molecule has 0 amide bonds. The van der Waals surface area contributed by atoms with Crippen LogP contribution >= 0.6 is 0 Å². The molecule has 108 valence electrons. The van der Waals surface area contributed by atoms with Crippen LogP contribution in [0.15, 0.2) is 54.9 Å². The molecule has 0 aliphatic rings. The van der Waals surface area contributed by atoms with Gasteiger partial charge in [0.05, 0.1) is 6.61 Å². The number of nitrogens with zero attached hydrogens (tertiary/aromatic N) is 2. The van der Waals surface area contributed by atoms with Crippen LogP contribution in [0.3, 0.4) is 0 Å². The van der Waals surface area contributed by atoms with E-state index >= 15 is 0 Å². The van der Waals surface area contributed by atoms with Crippen LogP contribution in [0.2, 0.25) is 0 Å². The highest BCUT2D eigenvalue weighted by atomic mass is 16.5. The Balaban J connectivity index is 1.74. The lowest BCUT2D eigenvalue weighted by molar-refractivity contribution is 0.0664. The number of nitrogens with one attached hydrogen (secondary N) is 1. The Bertz CT molecular complexity index is 706. The van der Waals surface area contributed by atoms with Gasteiger partial charge in [-0.15, -0.1) is 0 Å². The first-order chi connectivity index (χ1) is 10.4. The van der Waals surface area contributed by atoms with Gasteiger partial charge in [0.15, 0.2) is 0 Å². The summed E-state index contributed by atoms with van der Waals surface area (Å²) in [7, 11) is 1.95. The van der Waals surface area contributed by atoms with Crippen molar-refractivity contribution in [2.24, 2.45) is 0 Å². The molecule has 3 rings (SSSR count). The quantitative estimate of drug-likeness (QED) is 0.755. The molecule has 0 atom stereocenters. The molecule has 0 spiro atoms. The highest BCUT2D eigenvalue weighted by molar-refractivity contribution is 5.80. The van der Waals surface area contributed by atoms with Crippen molar-refractivity contribution in [2.75, 3.05) is 7.05 Å². The summed E-state index contributed by atoms with van der Waals surface area (Å²) in [6, 6.07) is 14.3. The van der Waals surface area contributed by atoms with Gasteiger partial charge in [-0.25, -0.2) is 4.98 Å². The summed E-state index contributed by atoms with van der Waals surface area (Å²) in [6.45, 7) is 1.94. The second-order valence-corrected chi connectivity index (χ2v) is 4.99. The van der Waals surface area contributed by atoms with Crippen LogP contribution < -0.4 is 5.32 Å². The predicted molar refractivity (Wildman–Crippen MR) is 83.7 cm³/mol. The number of hydrogen-bond donors (Lipinski definition) is 1. The average Bonchev–Trinajstić information content (AvgIpc) is 2.87. The van der Waals surface area contributed by atoms with Gasteiger partial charge in [-0.2, -0.15) is 0 Å². The maximum atomic E-state index is 5.81. The fraction of sp³-hybridized carbons (Fsp3) is 0.235. The third-order valence-electron chi connectivity index (χ3n) is 3.43. The summed E-state index contributed by atoms with van der Waals surface area (Å²) in [5.41, 5.74) is 3.39. The number of ether oxygens (including phenoxy) is 1. The molecule has 1 aromatic carbocycles. The Morgan fingerprint density at radius 3 is 2.81 bits per heavy atom. The maximum absolute atomic E-state index is 5.81. The smallest absolute Gasteiger partial charge is 0.142 e. The largest absolute Gasteiger partial charge is 0.356 e. The van der Waals surface area contributed by atoms with E-state index in [0.29, 0.717) is 13.3 Å². The van der Waals surface area contributed by atoms with E-state index in [-0.39, 0.29) is 0 Å². The summed E-state index contributed by atoms with van der Waals surface area (Å²) in [6.07, 6.45) is 3.93. The zero-order valence-electron chi connectivity index (χ0n) is 12.1. The molecule has 0 fully saturated rings. The van der Waals surface area contributed by atoms with E-state index in [4.69, 9.17) is 4.74 Å². The van der Waals surface area contributed by atoms with Gasteiger partial charge in [-0.1, -0.05) is 30.3 Å². The second-order valence-electron chi connectivity index (χ2n) is 4.99. The van der Waals surface area contributed by atoms with Crippen molar-refractivity contribution in [1.82, 2.24) is 14.9 Å². The summed E-state index contributed by atoms with van der Waals surface area (Å²) >= 11 is 0. The van der Waals surface area contributed by atoms with E-state index in [1.54, 1.807) is 0 Å². The minimum atomic E-state index is 0.506. The Labute approximate surface area is 124 Å². The molecule has 0 aliphatic heterocycles. The lowest BCUT2D eigenvalue weighted by atomic mass is 10.2. The Kier molecular flexibility index (Phi) is 4.28. The van der Waals surface area contributed by atoms with Crippen LogP contribution in [-0.2, 0) is 24.6 Å². The lowest BCUT2D eigenvalue weighted by Crippen LogP contribution is -2.05. The number of aromatic nitrogens is 2. The fourth-order valence-corrected chi connectivity index (χ4v) is 2.46. The number of benzene rings is 1. The molecule has 21 heavy (non-hydrogen) atoms. The molecule has 4 nitrogen and oxygen atoms in total. The van der Waals surface area contributed by atoms with E-state index < -0.39 is 0 Å². The van der Waals surface area contributed by atoms with Gasteiger partial charge in [0.1, 0.15) is 12.4 Å². The summed E-state index contributed by atoms with van der Waals surface area (Å²) in [4.78, 5) is 4.46. The zero-order valence-corrected chi connectivity index (χ0v) is 12.1. The van der Waals surface area contributed by atoms with Crippen molar-refractivity contribution in [3.8, 4) is 0 Å². The van der Waals surface area contributed by atoms with Crippen molar-refractivity contribution >= 4 is 11.0 Å². The Hall–Kier alpha value is -2.17. The van der Waals surface area contributed by atoms with Gasteiger partial charge in [0.2, 0.25) is 0 Å². The van der Waals surface area contributed by atoms with Crippen molar-refractivity contribution < 1.29 is 4.74 Å². The number of fused-ring (bicyclic) bond motifs is 1. The van der Waals surface area contributed by atoms with Crippen LogP contribution in [0.5, 0.6) is 0 Å². The molecule has 2 aromatic heterocycles. The molecule has 1 N–H and O–H groups in total. The monoisotopic (exact) mass is 281 g/mol. The molecule has 0 unspecified atom stereocenters. The predicted octanol–water partition coefficient (Wildman–Crippen LogP) is 2.93. The second kappa shape index (κ2) is 6.52. The molecule has 0 saturated heterocycles. The molecule has 0 radical (unpaired) electrons. The van der Waals surface area contributed by atoms with Crippen molar-refractivity contribution in [1.29, 1.82) is 0 Å². The summed E-state index contributed by atoms with van der Waals surface area (Å²) < 4.78 is 7.87. The van der Waals surface area contributed by atoms with Crippen LogP contribution in [0.25, 0.3) is 11.0 Å². The molecule has 2 heterocycles. The van der Waals surface area contributed by atoms with Crippen molar-refractivity contribution in [3.05, 3.63) is 66.0 Å². The molecule has 4 heteroatoms. The minimum Gasteiger partial charge on any atom is -0.356 e. The van der Waals surface area contributed by atoms with Gasteiger partial charge in [-0.05, 0) is 30.3 Å². The average molecular weight is 281 g/mol. The van der Waals surface area contributed by atoms with Gasteiger partial charge < -0.3 is 14.6 Å². The number of hydrogen-bond acceptors (Lipinski definition) is 3. The first kappa shape index (κ1) is 13.8. The topological polar surface area (TPSA) is 39.1 Å². The maximum Gasteiger partial charge on any atom is 0.142 e. The van der Waals surface area contributed by atoms with Gasteiger partial charge in [0, 0.05) is 24.3 Å². The molecule has 0 aliphatic carbocycles. The van der Waals surface area contributed by atoms with E-state index in [1.807, 2.05) is 37.5 Å². The molecular weight excluding hydrogens is 262 g/mol. The number of rotatable bonds is 6. The Morgan fingerprint density at radius 2 is 2.00 bits per heavy atom. The SMILES string of the molecule is CNCc1cn(COCc2ccccc2)c2ncccc12. The fourth-order valence-electron chi connectivity index (χ4n) is 2.46. The minimum absolute atomic E-state index is 0.506. The van der Waals surface area contributed by atoms with Gasteiger partial charge >= 0.3 is 0 Å².